The number of aromatic nitrogens is 4. The van der Waals surface area contributed by atoms with Gasteiger partial charge >= 0.3 is 6.03 Å². The number of rotatable bonds is 9. The van der Waals surface area contributed by atoms with Crippen molar-refractivity contribution in [2.45, 2.75) is 39.2 Å². The van der Waals surface area contributed by atoms with E-state index in [9.17, 15) is 9.18 Å². The van der Waals surface area contributed by atoms with Gasteiger partial charge in [0, 0.05) is 24.3 Å². The van der Waals surface area contributed by atoms with Crippen LogP contribution < -0.4 is 10.6 Å². The lowest BCUT2D eigenvalue weighted by atomic mass is 9.91. The SMILES string of the molecule is CCn1nnc(-c2cccc(NC(=O)NCCCN3CCCC(Cc4ccc(F)cc4)C3)c2)n1. The maximum absolute atomic E-state index is 13.1. The Morgan fingerprint density at radius 2 is 2.06 bits per heavy atom. The quantitative estimate of drug-likeness (QED) is 0.467. The van der Waals surface area contributed by atoms with Gasteiger partial charge in [-0.05, 0) is 86.7 Å². The van der Waals surface area contributed by atoms with Crippen molar-refractivity contribution in [3.63, 3.8) is 0 Å². The van der Waals surface area contributed by atoms with Gasteiger partial charge in [-0.1, -0.05) is 24.3 Å². The molecule has 1 aliphatic rings. The summed E-state index contributed by atoms with van der Waals surface area (Å²) in [6, 6.07) is 14.0. The van der Waals surface area contributed by atoms with Crippen LogP contribution in [0.4, 0.5) is 14.9 Å². The van der Waals surface area contributed by atoms with Crippen LogP contribution in [0.5, 0.6) is 0 Å². The zero-order valence-corrected chi connectivity index (χ0v) is 19.6. The molecule has 0 bridgehead atoms. The molecule has 2 amide bonds. The van der Waals surface area contributed by atoms with Crippen LogP contribution >= 0.6 is 0 Å². The number of anilines is 1. The number of carbonyl (C=O) groups is 1. The molecule has 0 aliphatic carbocycles. The van der Waals surface area contributed by atoms with Crippen LogP contribution in [0, 0.1) is 11.7 Å². The topological polar surface area (TPSA) is 88.0 Å². The van der Waals surface area contributed by atoms with Gasteiger partial charge in [0.25, 0.3) is 0 Å². The Morgan fingerprint density at radius 3 is 2.85 bits per heavy atom. The first kappa shape index (κ1) is 23.8. The van der Waals surface area contributed by atoms with E-state index in [-0.39, 0.29) is 11.8 Å². The van der Waals surface area contributed by atoms with Crippen molar-refractivity contribution in [2.75, 3.05) is 31.5 Å². The van der Waals surface area contributed by atoms with Crippen LogP contribution in [-0.2, 0) is 13.0 Å². The molecule has 0 saturated carbocycles. The molecular formula is C25H32FN7O. The average Bonchev–Trinajstić information content (AvgIpc) is 3.33. The summed E-state index contributed by atoms with van der Waals surface area (Å²) in [5.74, 6) is 0.942. The Bertz CT molecular complexity index is 1070. The minimum atomic E-state index is -0.227. The van der Waals surface area contributed by atoms with Gasteiger partial charge in [0.2, 0.25) is 5.82 Å². The van der Waals surface area contributed by atoms with E-state index < -0.39 is 0 Å². The molecule has 1 saturated heterocycles. The van der Waals surface area contributed by atoms with Crippen molar-refractivity contribution in [3.8, 4) is 11.4 Å². The Labute approximate surface area is 199 Å². The fraction of sp³-hybridized carbons (Fsp3) is 0.440. The molecule has 2 heterocycles. The standard InChI is InChI=1S/C25H32FN7O/c1-2-33-30-24(29-31-33)21-7-3-8-23(17-21)28-25(34)27-13-5-15-32-14-4-6-20(18-32)16-19-9-11-22(26)12-10-19/h3,7-12,17,20H,2,4-6,13-16,18H2,1H3,(H2,27,28,34). The maximum Gasteiger partial charge on any atom is 0.319 e. The predicted octanol–water partition coefficient (Wildman–Crippen LogP) is 3.97. The number of halogens is 1. The summed E-state index contributed by atoms with van der Waals surface area (Å²) in [6.07, 6.45) is 4.26. The third kappa shape index (κ3) is 6.84. The monoisotopic (exact) mass is 465 g/mol. The van der Waals surface area contributed by atoms with Crippen LogP contribution in [0.2, 0.25) is 0 Å². The second kappa shape index (κ2) is 11.7. The molecule has 1 aliphatic heterocycles. The van der Waals surface area contributed by atoms with Gasteiger partial charge in [-0.25, -0.2) is 9.18 Å². The highest BCUT2D eigenvalue weighted by atomic mass is 19.1. The van der Waals surface area contributed by atoms with Crippen LogP contribution in [0.15, 0.2) is 48.5 Å². The van der Waals surface area contributed by atoms with Gasteiger partial charge in [0.05, 0.1) is 6.54 Å². The molecule has 2 N–H and O–H groups in total. The molecule has 3 aromatic rings. The van der Waals surface area contributed by atoms with Crippen molar-refractivity contribution < 1.29 is 9.18 Å². The number of nitrogens with one attached hydrogen (secondary N) is 2. The van der Waals surface area contributed by atoms with Crippen molar-refractivity contribution in [2.24, 2.45) is 5.92 Å². The lowest BCUT2D eigenvalue weighted by Crippen LogP contribution is -2.38. The first-order valence-corrected chi connectivity index (χ1v) is 12.0. The summed E-state index contributed by atoms with van der Waals surface area (Å²) in [7, 11) is 0. The minimum Gasteiger partial charge on any atom is -0.338 e. The molecule has 8 nitrogen and oxygen atoms in total. The highest BCUT2D eigenvalue weighted by molar-refractivity contribution is 5.89. The summed E-state index contributed by atoms with van der Waals surface area (Å²) in [5.41, 5.74) is 2.68. The molecule has 4 rings (SSSR count). The first-order valence-electron chi connectivity index (χ1n) is 12.0. The molecule has 0 radical (unpaired) electrons. The predicted molar refractivity (Wildman–Crippen MR) is 130 cm³/mol. The van der Waals surface area contributed by atoms with Gasteiger partial charge in [-0.2, -0.15) is 4.80 Å². The lowest BCUT2D eigenvalue weighted by molar-refractivity contribution is 0.172. The molecule has 1 atom stereocenters. The van der Waals surface area contributed by atoms with E-state index >= 15 is 0 Å². The van der Waals surface area contributed by atoms with E-state index in [4.69, 9.17) is 0 Å². The molecular weight excluding hydrogens is 433 g/mol. The average molecular weight is 466 g/mol. The van der Waals surface area contributed by atoms with Gasteiger partial charge in [0.15, 0.2) is 0 Å². The van der Waals surface area contributed by atoms with Crippen molar-refractivity contribution in [1.82, 2.24) is 30.4 Å². The lowest BCUT2D eigenvalue weighted by Gasteiger charge is -2.32. The van der Waals surface area contributed by atoms with Gasteiger partial charge < -0.3 is 15.5 Å². The molecule has 180 valence electrons. The smallest absolute Gasteiger partial charge is 0.319 e. The number of tetrazole rings is 1. The number of hydrogen-bond donors (Lipinski definition) is 2. The summed E-state index contributed by atoms with van der Waals surface area (Å²) >= 11 is 0. The fourth-order valence-corrected chi connectivity index (χ4v) is 4.38. The zero-order chi connectivity index (χ0) is 23.8. The Balaban J connectivity index is 1.17. The van der Waals surface area contributed by atoms with E-state index in [1.165, 1.54) is 35.3 Å². The summed E-state index contributed by atoms with van der Waals surface area (Å²) in [6.45, 7) is 6.30. The second-order valence-corrected chi connectivity index (χ2v) is 8.76. The van der Waals surface area contributed by atoms with E-state index in [0.29, 0.717) is 30.5 Å². The van der Waals surface area contributed by atoms with Crippen LogP contribution in [0.1, 0.15) is 31.7 Å². The number of hydrogen-bond acceptors (Lipinski definition) is 5. The summed E-state index contributed by atoms with van der Waals surface area (Å²) in [5, 5.41) is 18.1. The number of benzene rings is 2. The highest BCUT2D eigenvalue weighted by Crippen LogP contribution is 2.21. The number of likely N-dealkylation sites (tertiary alicyclic amines) is 1. The maximum atomic E-state index is 13.1. The molecule has 2 aromatic carbocycles. The number of aryl methyl sites for hydroxylation is 1. The van der Waals surface area contributed by atoms with Gasteiger partial charge in [-0.15, -0.1) is 10.2 Å². The number of carbonyl (C=O) groups excluding carboxylic acids is 1. The van der Waals surface area contributed by atoms with Crippen LogP contribution in [0.3, 0.4) is 0 Å². The van der Waals surface area contributed by atoms with Crippen molar-refractivity contribution in [1.29, 1.82) is 0 Å². The molecule has 34 heavy (non-hydrogen) atoms. The van der Waals surface area contributed by atoms with Crippen LogP contribution in [-0.4, -0.2) is 57.3 Å². The third-order valence-electron chi connectivity index (χ3n) is 6.09. The van der Waals surface area contributed by atoms with Crippen LogP contribution in [0.25, 0.3) is 11.4 Å². The van der Waals surface area contributed by atoms with Gasteiger partial charge in [0.1, 0.15) is 5.82 Å². The molecule has 0 spiro atoms. The summed E-state index contributed by atoms with van der Waals surface area (Å²) in [4.78, 5) is 16.3. The summed E-state index contributed by atoms with van der Waals surface area (Å²) < 4.78 is 13.1. The third-order valence-corrected chi connectivity index (χ3v) is 6.09. The van der Waals surface area contributed by atoms with E-state index in [1.54, 1.807) is 0 Å². The Kier molecular flexibility index (Phi) is 8.19. The number of urea groups is 1. The first-order chi connectivity index (χ1) is 16.6. The zero-order valence-electron chi connectivity index (χ0n) is 19.6. The molecule has 9 heteroatoms. The second-order valence-electron chi connectivity index (χ2n) is 8.76. The Morgan fingerprint density at radius 1 is 1.21 bits per heavy atom. The Hall–Kier alpha value is -3.33. The largest absolute Gasteiger partial charge is 0.338 e. The fourth-order valence-electron chi connectivity index (χ4n) is 4.38. The van der Waals surface area contributed by atoms with E-state index in [2.05, 4.69) is 30.9 Å². The van der Waals surface area contributed by atoms with Gasteiger partial charge in [-0.3, -0.25) is 0 Å². The number of amides is 2. The van der Waals surface area contributed by atoms with Crippen molar-refractivity contribution >= 4 is 11.7 Å². The van der Waals surface area contributed by atoms with Crippen molar-refractivity contribution in [3.05, 3.63) is 59.9 Å². The van der Waals surface area contributed by atoms with E-state index in [1.807, 2.05) is 43.3 Å². The normalized spacial score (nSPS) is 16.4. The molecule has 1 unspecified atom stereocenters. The number of piperidine rings is 1. The highest BCUT2D eigenvalue weighted by Gasteiger charge is 2.20. The molecule has 1 fully saturated rings. The minimum absolute atomic E-state index is 0.184. The van der Waals surface area contributed by atoms with E-state index in [0.717, 1.165) is 38.0 Å². The number of nitrogens with zero attached hydrogens (tertiary/aromatic N) is 5. The molecule has 1 aromatic heterocycles.